The third-order valence-corrected chi connectivity index (χ3v) is 15.3. The highest BCUT2D eigenvalue weighted by Gasteiger charge is 2.44. The van der Waals surface area contributed by atoms with E-state index >= 15 is 0 Å². The van der Waals surface area contributed by atoms with Crippen LogP contribution in [0, 0.1) is 0 Å². The molecule has 2 aliphatic heterocycles. The van der Waals surface area contributed by atoms with E-state index in [9.17, 15) is 4.79 Å². The van der Waals surface area contributed by atoms with Gasteiger partial charge in [0.05, 0.1) is 5.41 Å². The fraction of sp³-hybridized carbons (Fsp3) is 0.333. The van der Waals surface area contributed by atoms with Gasteiger partial charge in [0.25, 0.3) is 0 Å². The van der Waals surface area contributed by atoms with Crippen LogP contribution in [0.3, 0.4) is 0 Å². The summed E-state index contributed by atoms with van der Waals surface area (Å²) in [4.78, 5) is 14.5. The van der Waals surface area contributed by atoms with Gasteiger partial charge < -0.3 is 20.3 Å². The number of nitrogens with zero attached hydrogens (tertiary/aromatic N) is 2. The zero-order chi connectivity index (χ0) is 50.4. The highest BCUT2D eigenvalue weighted by atomic mass is 16.5. The van der Waals surface area contributed by atoms with Gasteiger partial charge in [-0.05, 0) is 158 Å². The van der Waals surface area contributed by atoms with Crippen LogP contribution in [0.2, 0.25) is 0 Å². The highest BCUT2D eigenvalue weighted by Crippen LogP contribution is 2.48. The molecule has 72 heavy (non-hydrogen) atoms. The van der Waals surface area contributed by atoms with Crippen molar-refractivity contribution in [3.05, 3.63) is 208 Å². The smallest absolute Gasteiger partial charge is 0.246 e. The fourth-order valence-corrected chi connectivity index (χ4v) is 11.6. The van der Waals surface area contributed by atoms with E-state index < -0.39 is 0 Å². The molecule has 1 aliphatic carbocycles. The standard InChI is InChI=1S/C66H74N4O2/c1-9-43-69-59-29-17-15-27-57(59)65(5,6)61(69)39-34-48-21-19-22-49(35-40-62-66(7,8)58-28-16-18-30-60(58)70(62)44-10-2)63(48)72-50-36-31-47(32-37-50)33-38-55-51-23-11-13-25-53(51)56(54-26-14-12-24-52(54)55)45-67-41-20-42-68-64(71)46(3)4/h11-18,23-32,34-37,39-40,67H,3,9-10,19-22,33,38,41-45H2,1-2,4-8H3/p+1. The maximum Gasteiger partial charge on any atom is 0.246 e. The van der Waals surface area contributed by atoms with Crippen molar-refractivity contribution < 1.29 is 14.1 Å². The Labute approximate surface area is 429 Å². The average molecular weight is 956 g/mol. The second kappa shape index (κ2) is 21.9. The molecule has 0 fully saturated rings. The molecule has 0 aromatic heterocycles. The van der Waals surface area contributed by atoms with E-state index in [4.69, 9.17) is 4.74 Å². The summed E-state index contributed by atoms with van der Waals surface area (Å²) in [6, 6.07) is 44.5. The first kappa shape index (κ1) is 50.2. The van der Waals surface area contributed by atoms with Crippen molar-refractivity contribution >= 4 is 44.5 Å². The number of hydrogen-bond donors (Lipinski definition) is 2. The number of allylic oxidation sites excluding steroid dienone is 7. The SMILES string of the molecule is C=C(C)C(=O)NCCCNCc1c2ccccc2c(CCc2ccc(OC3=C(/C=C/C4=[N+](CCC)c5ccccc5C4(C)C)CCC/C3=C\C=C3\N(CCC)c4ccccc4C3(C)C)cc2)c2ccccc12. The molecule has 2 heterocycles. The van der Waals surface area contributed by atoms with Crippen molar-refractivity contribution in [2.24, 2.45) is 0 Å². The number of nitrogens with one attached hydrogen (secondary N) is 2. The molecule has 1 amide bonds. The van der Waals surface area contributed by atoms with Crippen molar-refractivity contribution in [3.63, 3.8) is 0 Å². The number of benzene rings is 6. The molecule has 3 aliphatic rings. The first-order chi connectivity index (χ1) is 34.9. The molecular formula is C66H75N4O2+. The van der Waals surface area contributed by atoms with Crippen LogP contribution in [-0.4, -0.2) is 42.4 Å². The number of para-hydroxylation sites is 2. The molecule has 2 N–H and O–H groups in total. The minimum atomic E-state index is -0.117. The van der Waals surface area contributed by atoms with Crippen molar-refractivity contribution in [2.45, 2.75) is 117 Å². The summed E-state index contributed by atoms with van der Waals surface area (Å²) in [7, 11) is 0. The zero-order valence-electron chi connectivity index (χ0n) is 44.0. The lowest BCUT2D eigenvalue weighted by molar-refractivity contribution is -0.437. The van der Waals surface area contributed by atoms with Crippen LogP contribution in [-0.2, 0) is 35.0 Å². The van der Waals surface area contributed by atoms with Gasteiger partial charge in [-0.15, -0.1) is 0 Å². The number of ether oxygens (including phenoxy) is 1. The molecule has 0 unspecified atom stereocenters. The molecule has 0 spiro atoms. The number of hydrogen-bond acceptors (Lipinski definition) is 4. The second-order valence-electron chi connectivity index (χ2n) is 21.1. The van der Waals surface area contributed by atoms with Gasteiger partial charge in [0.1, 0.15) is 18.1 Å². The molecule has 0 saturated heterocycles. The summed E-state index contributed by atoms with van der Waals surface area (Å²) >= 11 is 0. The van der Waals surface area contributed by atoms with Gasteiger partial charge in [-0.2, -0.15) is 4.58 Å². The number of anilines is 1. The summed E-state index contributed by atoms with van der Waals surface area (Å²) in [5.74, 6) is 1.76. The lowest BCUT2D eigenvalue weighted by atomic mass is 9.81. The molecule has 0 atom stereocenters. The monoisotopic (exact) mass is 956 g/mol. The second-order valence-corrected chi connectivity index (χ2v) is 21.1. The van der Waals surface area contributed by atoms with Gasteiger partial charge in [-0.3, -0.25) is 4.79 Å². The summed E-state index contributed by atoms with van der Waals surface area (Å²) in [6.45, 7) is 23.7. The Balaban J connectivity index is 1.01. The van der Waals surface area contributed by atoms with Crippen molar-refractivity contribution in [1.82, 2.24) is 10.6 Å². The largest absolute Gasteiger partial charge is 0.457 e. The lowest BCUT2D eigenvalue weighted by Gasteiger charge is -2.27. The van der Waals surface area contributed by atoms with Gasteiger partial charge >= 0.3 is 0 Å². The normalized spacial score (nSPS) is 17.2. The first-order valence-corrected chi connectivity index (χ1v) is 26.7. The minimum Gasteiger partial charge on any atom is -0.457 e. The quantitative estimate of drug-likeness (QED) is 0.0368. The van der Waals surface area contributed by atoms with Gasteiger partial charge in [0, 0.05) is 66.1 Å². The van der Waals surface area contributed by atoms with E-state index in [1.54, 1.807) is 6.92 Å². The number of aryl methyl sites for hydroxylation is 2. The molecule has 6 aromatic carbocycles. The number of carbonyl (C=O) groups excluding carboxylic acids is 1. The Kier molecular flexibility index (Phi) is 15.3. The summed E-state index contributed by atoms with van der Waals surface area (Å²) in [6.07, 6.45) is 17.3. The molecule has 0 saturated carbocycles. The molecular weight excluding hydrogens is 881 g/mol. The molecule has 0 bridgehead atoms. The van der Waals surface area contributed by atoms with E-state index in [1.807, 2.05) is 0 Å². The lowest BCUT2D eigenvalue weighted by Crippen LogP contribution is -2.28. The topological polar surface area (TPSA) is 56.6 Å². The summed E-state index contributed by atoms with van der Waals surface area (Å²) in [5, 5.41) is 11.8. The Hall–Kier alpha value is -6.76. The van der Waals surface area contributed by atoms with Crippen LogP contribution in [0.1, 0.15) is 115 Å². The van der Waals surface area contributed by atoms with E-state index in [0.29, 0.717) is 12.1 Å². The van der Waals surface area contributed by atoms with E-state index in [2.05, 4.69) is 214 Å². The van der Waals surface area contributed by atoms with E-state index in [-0.39, 0.29) is 16.7 Å². The molecule has 6 nitrogen and oxygen atoms in total. The molecule has 6 heteroatoms. The van der Waals surface area contributed by atoms with Crippen molar-refractivity contribution in [2.75, 3.05) is 31.1 Å². The van der Waals surface area contributed by atoms with Gasteiger partial charge in [-0.1, -0.05) is 137 Å². The molecule has 370 valence electrons. The number of carbonyl (C=O) groups is 1. The molecule has 6 aromatic rings. The van der Waals surface area contributed by atoms with Crippen molar-refractivity contribution in [3.8, 4) is 5.75 Å². The van der Waals surface area contributed by atoms with Gasteiger partial charge in [0.15, 0.2) is 5.71 Å². The maximum absolute atomic E-state index is 12.0. The summed E-state index contributed by atoms with van der Waals surface area (Å²) < 4.78 is 9.71. The third-order valence-electron chi connectivity index (χ3n) is 15.3. The van der Waals surface area contributed by atoms with Crippen LogP contribution in [0.25, 0.3) is 21.5 Å². The van der Waals surface area contributed by atoms with E-state index in [0.717, 1.165) is 89.1 Å². The van der Waals surface area contributed by atoms with Crippen LogP contribution in [0.15, 0.2) is 180 Å². The predicted molar refractivity (Wildman–Crippen MR) is 303 cm³/mol. The molecule has 9 rings (SSSR count). The van der Waals surface area contributed by atoms with Gasteiger partial charge in [-0.25, -0.2) is 0 Å². The third kappa shape index (κ3) is 10.2. The summed E-state index contributed by atoms with van der Waals surface area (Å²) in [5.41, 5.74) is 14.9. The minimum absolute atomic E-state index is 0.0831. The Morgan fingerprint density at radius 3 is 2.06 bits per heavy atom. The fourth-order valence-electron chi connectivity index (χ4n) is 11.6. The van der Waals surface area contributed by atoms with Crippen LogP contribution >= 0.6 is 0 Å². The first-order valence-electron chi connectivity index (χ1n) is 26.7. The predicted octanol–water partition coefficient (Wildman–Crippen LogP) is 14.8. The Morgan fingerprint density at radius 1 is 0.722 bits per heavy atom. The molecule has 0 radical (unpaired) electrons. The zero-order valence-corrected chi connectivity index (χ0v) is 44.0. The highest BCUT2D eigenvalue weighted by molar-refractivity contribution is 6.06. The average Bonchev–Trinajstić information content (AvgIpc) is 3.73. The van der Waals surface area contributed by atoms with Crippen LogP contribution < -0.4 is 20.3 Å². The van der Waals surface area contributed by atoms with Gasteiger partial charge in [0.2, 0.25) is 11.6 Å². The number of fused-ring (bicyclic) bond motifs is 4. The maximum atomic E-state index is 12.0. The number of amides is 1. The van der Waals surface area contributed by atoms with E-state index in [1.165, 1.54) is 83.3 Å². The Morgan fingerprint density at radius 2 is 1.38 bits per heavy atom. The van der Waals surface area contributed by atoms with Crippen molar-refractivity contribution in [1.29, 1.82) is 0 Å². The Bertz CT molecular complexity index is 3100. The number of rotatable bonds is 19. The van der Waals surface area contributed by atoms with Crippen LogP contribution in [0.4, 0.5) is 11.4 Å². The van der Waals surface area contributed by atoms with Crippen LogP contribution in [0.5, 0.6) is 5.75 Å².